The molecule has 3 atom stereocenters. The van der Waals surface area contributed by atoms with E-state index in [0.29, 0.717) is 30.7 Å². The smallest absolute Gasteiger partial charge is 0.134 e. The molecule has 0 bridgehead atoms. The van der Waals surface area contributed by atoms with Crippen LogP contribution in [0.5, 0.6) is 0 Å². The predicted octanol–water partition coefficient (Wildman–Crippen LogP) is 3.33. The van der Waals surface area contributed by atoms with Gasteiger partial charge in [-0.25, -0.2) is 0 Å². The lowest BCUT2D eigenvalue weighted by Gasteiger charge is -2.40. The largest absolute Gasteiger partial charge is 0.388 e. The minimum absolute atomic E-state index is 0.344. The lowest BCUT2D eigenvalue weighted by Crippen LogP contribution is -2.45. The lowest BCUT2D eigenvalue weighted by molar-refractivity contribution is -0.120. The van der Waals surface area contributed by atoms with Gasteiger partial charge in [-0.1, -0.05) is 43.7 Å². The highest BCUT2D eigenvalue weighted by Crippen LogP contribution is 2.30. The van der Waals surface area contributed by atoms with E-state index in [0.717, 1.165) is 31.2 Å². The highest BCUT2D eigenvalue weighted by atomic mass is 16.3. The van der Waals surface area contributed by atoms with Gasteiger partial charge < -0.3 is 5.11 Å². The Kier molecular flexibility index (Phi) is 5.95. The molecule has 1 fully saturated rings. The Hall–Kier alpha value is -1.19. The molecule has 0 aromatic heterocycles. The molecular formula is C18H27NO2. The number of likely N-dealkylation sites (tertiary alicyclic amines) is 1. The molecule has 1 aromatic rings. The number of Topliss-reactive ketones (excluding diaryl/α,β-unsaturated/α-hetero) is 1. The minimum Gasteiger partial charge on any atom is -0.388 e. The van der Waals surface area contributed by atoms with E-state index in [1.807, 2.05) is 37.3 Å². The molecule has 0 amide bonds. The first-order chi connectivity index (χ1) is 10.1. The molecule has 1 saturated heterocycles. The number of ketones is 1. The Balaban J connectivity index is 1.94. The SMILES string of the molecule is CCC(=O)CC1CCCC(CC(O)c2ccccc2)N1C. The van der Waals surface area contributed by atoms with Gasteiger partial charge in [0.2, 0.25) is 0 Å². The van der Waals surface area contributed by atoms with Gasteiger partial charge in [0, 0.05) is 24.9 Å². The molecule has 0 radical (unpaired) electrons. The minimum atomic E-state index is -0.417. The zero-order valence-corrected chi connectivity index (χ0v) is 13.2. The summed E-state index contributed by atoms with van der Waals surface area (Å²) in [6, 6.07) is 10.6. The fourth-order valence-corrected chi connectivity index (χ4v) is 3.30. The van der Waals surface area contributed by atoms with Crippen molar-refractivity contribution in [1.82, 2.24) is 4.90 Å². The van der Waals surface area contributed by atoms with E-state index < -0.39 is 6.10 Å². The molecule has 1 heterocycles. The standard InChI is InChI=1S/C18H27NO2/c1-3-17(20)12-15-10-7-11-16(19(15)2)13-18(21)14-8-5-4-6-9-14/h4-6,8-9,15-16,18,21H,3,7,10-13H2,1-2H3. The number of aliphatic hydroxyl groups excluding tert-OH is 1. The summed E-state index contributed by atoms with van der Waals surface area (Å²) in [7, 11) is 2.11. The van der Waals surface area contributed by atoms with Crippen molar-refractivity contribution in [3.8, 4) is 0 Å². The van der Waals surface area contributed by atoms with Gasteiger partial charge in [0.15, 0.2) is 0 Å². The molecule has 3 heteroatoms. The number of carbonyl (C=O) groups excluding carboxylic acids is 1. The number of carbonyl (C=O) groups is 1. The van der Waals surface area contributed by atoms with Crippen molar-refractivity contribution in [3.05, 3.63) is 35.9 Å². The van der Waals surface area contributed by atoms with Gasteiger partial charge in [-0.3, -0.25) is 9.69 Å². The molecule has 3 unspecified atom stereocenters. The van der Waals surface area contributed by atoms with E-state index in [1.54, 1.807) is 0 Å². The van der Waals surface area contributed by atoms with E-state index in [9.17, 15) is 9.90 Å². The Morgan fingerprint density at radius 2 is 1.95 bits per heavy atom. The molecule has 3 nitrogen and oxygen atoms in total. The van der Waals surface area contributed by atoms with Crippen molar-refractivity contribution in [2.45, 2.75) is 63.6 Å². The molecule has 1 aliphatic rings. The number of piperidine rings is 1. The number of benzene rings is 1. The maximum absolute atomic E-state index is 11.7. The van der Waals surface area contributed by atoms with Gasteiger partial charge in [-0.2, -0.15) is 0 Å². The molecule has 21 heavy (non-hydrogen) atoms. The Labute approximate surface area is 128 Å². The molecule has 0 aliphatic carbocycles. The second-order valence-electron chi connectivity index (χ2n) is 6.16. The quantitative estimate of drug-likeness (QED) is 0.873. The van der Waals surface area contributed by atoms with Crippen LogP contribution in [0.2, 0.25) is 0 Å². The van der Waals surface area contributed by atoms with Gasteiger partial charge in [0.25, 0.3) is 0 Å². The molecular weight excluding hydrogens is 262 g/mol. The number of hydrogen-bond acceptors (Lipinski definition) is 3. The first-order valence-electron chi connectivity index (χ1n) is 8.08. The fourth-order valence-electron chi connectivity index (χ4n) is 3.30. The van der Waals surface area contributed by atoms with Crippen LogP contribution >= 0.6 is 0 Å². The van der Waals surface area contributed by atoms with Gasteiger partial charge in [-0.15, -0.1) is 0 Å². The van der Waals surface area contributed by atoms with Gasteiger partial charge in [-0.05, 0) is 31.9 Å². The van der Waals surface area contributed by atoms with E-state index in [1.165, 1.54) is 0 Å². The molecule has 1 aromatic carbocycles. The van der Waals surface area contributed by atoms with Gasteiger partial charge in [0.1, 0.15) is 5.78 Å². The van der Waals surface area contributed by atoms with E-state index >= 15 is 0 Å². The van der Waals surface area contributed by atoms with Crippen LogP contribution in [0, 0.1) is 0 Å². The topological polar surface area (TPSA) is 40.5 Å². The zero-order chi connectivity index (χ0) is 15.2. The molecule has 1 N–H and O–H groups in total. The summed E-state index contributed by atoms with van der Waals surface area (Å²) >= 11 is 0. The van der Waals surface area contributed by atoms with Crippen LogP contribution in [0.25, 0.3) is 0 Å². The maximum atomic E-state index is 11.7. The van der Waals surface area contributed by atoms with Crippen LogP contribution in [0.15, 0.2) is 30.3 Å². The van der Waals surface area contributed by atoms with Crippen LogP contribution in [0.4, 0.5) is 0 Å². The number of rotatable bonds is 6. The summed E-state index contributed by atoms with van der Waals surface area (Å²) in [6.45, 7) is 1.93. The average Bonchev–Trinajstić information content (AvgIpc) is 2.52. The maximum Gasteiger partial charge on any atom is 0.134 e. The molecule has 0 saturated carbocycles. The van der Waals surface area contributed by atoms with Gasteiger partial charge >= 0.3 is 0 Å². The number of nitrogens with zero attached hydrogens (tertiary/aromatic N) is 1. The molecule has 0 spiro atoms. The third-order valence-electron chi connectivity index (χ3n) is 4.76. The highest BCUT2D eigenvalue weighted by Gasteiger charge is 2.30. The Bertz CT molecular complexity index is 446. The highest BCUT2D eigenvalue weighted by molar-refractivity contribution is 5.78. The first-order valence-corrected chi connectivity index (χ1v) is 8.08. The normalized spacial score (nSPS) is 24.7. The Morgan fingerprint density at radius 1 is 1.29 bits per heavy atom. The summed E-state index contributed by atoms with van der Waals surface area (Å²) in [5.41, 5.74) is 0.984. The van der Waals surface area contributed by atoms with E-state index in [2.05, 4.69) is 11.9 Å². The fraction of sp³-hybridized carbons (Fsp3) is 0.611. The zero-order valence-electron chi connectivity index (χ0n) is 13.2. The summed E-state index contributed by atoms with van der Waals surface area (Å²) in [5.74, 6) is 0.344. The second kappa shape index (κ2) is 7.71. The molecule has 1 aliphatic heterocycles. The number of aliphatic hydroxyl groups is 1. The number of hydrogen-bond donors (Lipinski definition) is 1. The third-order valence-corrected chi connectivity index (χ3v) is 4.76. The van der Waals surface area contributed by atoms with Crippen molar-refractivity contribution in [1.29, 1.82) is 0 Å². The van der Waals surface area contributed by atoms with Crippen LogP contribution in [-0.4, -0.2) is 34.9 Å². The van der Waals surface area contributed by atoms with E-state index in [-0.39, 0.29) is 0 Å². The van der Waals surface area contributed by atoms with Crippen molar-refractivity contribution >= 4 is 5.78 Å². The van der Waals surface area contributed by atoms with Crippen LogP contribution in [-0.2, 0) is 4.79 Å². The van der Waals surface area contributed by atoms with Crippen molar-refractivity contribution in [3.63, 3.8) is 0 Å². The average molecular weight is 289 g/mol. The van der Waals surface area contributed by atoms with E-state index in [4.69, 9.17) is 0 Å². The summed E-state index contributed by atoms with van der Waals surface area (Å²) in [5, 5.41) is 10.4. The second-order valence-corrected chi connectivity index (χ2v) is 6.16. The van der Waals surface area contributed by atoms with Crippen molar-refractivity contribution < 1.29 is 9.90 Å². The summed E-state index contributed by atoms with van der Waals surface area (Å²) < 4.78 is 0. The van der Waals surface area contributed by atoms with Crippen molar-refractivity contribution in [2.24, 2.45) is 0 Å². The predicted molar refractivity (Wildman–Crippen MR) is 85.1 cm³/mol. The summed E-state index contributed by atoms with van der Waals surface area (Å²) in [4.78, 5) is 14.0. The summed E-state index contributed by atoms with van der Waals surface area (Å²) in [6.07, 6.45) is 4.97. The van der Waals surface area contributed by atoms with Crippen molar-refractivity contribution in [2.75, 3.05) is 7.05 Å². The Morgan fingerprint density at radius 3 is 2.62 bits per heavy atom. The first kappa shape index (κ1) is 16.2. The molecule has 116 valence electrons. The lowest BCUT2D eigenvalue weighted by atomic mass is 9.89. The van der Waals surface area contributed by atoms with Crippen LogP contribution in [0.3, 0.4) is 0 Å². The van der Waals surface area contributed by atoms with Gasteiger partial charge in [0.05, 0.1) is 6.10 Å². The third kappa shape index (κ3) is 4.39. The van der Waals surface area contributed by atoms with Crippen LogP contribution in [0.1, 0.15) is 57.1 Å². The van der Waals surface area contributed by atoms with Crippen LogP contribution < -0.4 is 0 Å². The molecule has 2 rings (SSSR count). The monoisotopic (exact) mass is 289 g/mol.